The number of hydrogen-bond acceptors (Lipinski definition) is 6. The maximum Gasteiger partial charge on any atom is 0.302 e. The van der Waals surface area contributed by atoms with Crippen molar-refractivity contribution in [1.29, 1.82) is 0 Å². The molecular formula is C25H30N2O2S2. The molecule has 0 saturated carbocycles. The number of likely N-dealkylation sites (N-methyl/N-ethyl adjacent to an activating group) is 1. The van der Waals surface area contributed by atoms with Crippen molar-refractivity contribution in [3.8, 4) is 0 Å². The molecule has 0 amide bonds. The molecule has 2 aliphatic heterocycles. The van der Waals surface area contributed by atoms with Gasteiger partial charge in [-0.2, -0.15) is 0 Å². The Bertz CT molecular complexity index is 944. The predicted octanol–water partition coefficient (Wildman–Crippen LogP) is 5.57. The van der Waals surface area contributed by atoms with Crippen molar-refractivity contribution in [3.63, 3.8) is 0 Å². The lowest BCUT2D eigenvalue weighted by atomic mass is 10.0. The third-order valence-electron chi connectivity index (χ3n) is 6.07. The zero-order valence-electron chi connectivity index (χ0n) is 18.1. The Labute approximate surface area is 192 Å². The number of carbonyl (C=O) groups is 1. The Hall–Kier alpha value is -2.15. The van der Waals surface area contributed by atoms with Crippen LogP contribution in [0.4, 0.5) is 0 Å². The topological polar surface area (TPSA) is 41.6 Å². The van der Waals surface area contributed by atoms with Gasteiger partial charge in [0.15, 0.2) is 0 Å². The SMILES string of the molecule is CC(=O)OC/C(=C1\CCC(/C=C/c2cccs2)N1C)C1CCC(/C=C/c2cccs2)N1. The van der Waals surface area contributed by atoms with Crippen LogP contribution in [0, 0.1) is 0 Å². The Morgan fingerprint density at radius 2 is 1.84 bits per heavy atom. The Morgan fingerprint density at radius 3 is 2.48 bits per heavy atom. The highest BCUT2D eigenvalue weighted by Gasteiger charge is 2.32. The molecule has 2 saturated heterocycles. The van der Waals surface area contributed by atoms with E-state index in [0.29, 0.717) is 18.7 Å². The number of nitrogens with one attached hydrogen (secondary N) is 1. The minimum absolute atomic E-state index is 0.222. The molecule has 2 aromatic heterocycles. The highest BCUT2D eigenvalue weighted by Crippen LogP contribution is 2.33. The second-order valence-electron chi connectivity index (χ2n) is 8.12. The van der Waals surface area contributed by atoms with Crippen molar-refractivity contribution in [3.05, 3.63) is 68.2 Å². The number of esters is 1. The van der Waals surface area contributed by atoms with Crippen molar-refractivity contribution in [2.24, 2.45) is 0 Å². The van der Waals surface area contributed by atoms with Crippen molar-refractivity contribution >= 4 is 40.8 Å². The van der Waals surface area contributed by atoms with Gasteiger partial charge in [-0.3, -0.25) is 4.79 Å². The van der Waals surface area contributed by atoms with Crippen LogP contribution in [0.1, 0.15) is 42.4 Å². The van der Waals surface area contributed by atoms with E-state index in [0.717, 1.165) is 25.7 Å². The van der Waals surface area contributed by atoms with Gasteiger partial charge in [0.2, 0.25) is 0 Å². The van der Waals surface area contributed by atoms with E-state index in [4.69, 9.17) is 4.74 Å². The fraction of sp³-hybridized carbons (Fsp3) is 0.400. The van der Waals surface area contributed by atoms with Gasteiger partial charge in [0, 0.05) is 53.1 Å². The molecule has 6 heteroatoms. The van der Waals surface area contributed by atoms with E-state index in [1.165, 1.54) is 27.9 Å². The third-order valence-corrected chi connectivity index (χ3v) is 7.74. The fourth-order valence-corrected chi connectivity index (χ4v) is 5.68. The number of hydrogen-bond donors (Lipinski definition) is 1. The molecule has 0 aromatic carbocycles. The highest BCUT2D eigenvalue weighted by molar-refractivity contribution is 7.11. The molecule has 0 radical (unpaired) electrons. The summed E-state index contributed by atoms with van der Waals surface area (Å²) >= 11 is 3.51. The molecule has 0 aliphatic carbocycles. The molecule has 31 heavy (non-hydrogen) atoms. The molecule has 164 valence electrons. The number of carbonyl (C=O) groups excluding carboxylic acids is 1. The van der Waals surface area contributed by atoms with Crippen LogP contribution < -0.4 is 5.32 Å². The average Bonchev–Trinajstić information content (AvgIpc) is 3.55. The van der Waals surface area contributed by atoms with Crippen molar-refractivity contribution < 1.29 is 9.53 Å². The van der Waals surface area contributed by atoms with E-state index in [2.05, 4.69) is 76.6 Å². The molecule has 4 rings (SSSR count). The number of likely N-dealkylation sites (tertiary alicyclic amines) is 1. The second-order valence-corrected chi connectivity index (χ2v) is 10.1. The largest absolute Gasteiger partial charge is 0.461 e. The zero-order chi connectivity index (χ0) is 21.6. The maximum atomic E-state index is 11.6. The smallest absolute Gasteiger partial charge is 0.302 e. The summed E-state index contributed by atoms with van der Waals surface area (Å²) in [5, 5.41) is 7.98. The number of rotatable bonds is 7. The van der Waals surface area contributed by atoms with Gasteiger partial charge in [0.25, 0.3) is 0 Å². The van der Waals surface area contributed by atoms with E-state index < -0.39 is 0 Å². The first kappa shape index (κ1) is 22.1. The van der Waals surface area contributed by atoms with Crippen molar-refractivity contribution in [2.45, 2.75) is 50.7 Å². The summed E-state index contributed by atoms with van der Waals surface area (Å²) in [7, 11) is 2.17. The molecular weight excluding hydrogens is 424 g/mol. The highest BCUT2D eigenvalue weighted by atomic mass is 32.1. The maximum absolute atomic E-state index is 11.6. The molecule has 4 nitrogen and oxygen atoms in total. The molecule has 2 fully saturated rings. The number of nitrogens with zero attached hydrogens (tertiary/aromatic N) is 1. The molecule has 0 bridgehead atoms. The summed E-state index contributed by atoms with van der Waals surface area (Å²) in [5.74, 6) is -0.222. The molecule has 1 N–H and O–H groups in total. The summed E-state index contributed by atoms with van der Waals surface area (Å²) in [5.41, 5.74) is 2.55. The lowest BCUT2D eigenvalue weighted by Crippen LogP contribution is -2.34. The first-order chi connectivity index (χ1) is 15.1. The van der Waals surface area contributed by atoms with Gasteiger partial charge in [-0.1, -0.05) is 24.3 Å². The van der Waals surface area contributed by atoms with Gasteiger partial charge in [0.05, 0.1) is 0 Å². The van der Waals surface area contributed by atoms with Crippen LogP contribution in [0.2, 0.25) is 0 Å². The van der Waals surface area contributed by atoms with Gasteiger partial charge >= 0.3 is 5.97 Å². The molecule has 0 spiro atoms. The van der Waals surface area contributed by atoms with Gasteiger partial charge in [-0.15, -0.1) is 22.7 Å². The summed E-state index contributed by atoms with van der Waals surface area (Å²) in [4.78, 5) is 16.5. The van der Waals surface area contributed by atoms with E-state index in [-0.39, 0.29) is 12.0 Å². The van der Waals surface area contributed by atoms with E-state index in [1.807, 2.05) is 0 Å². The van der Waals surface area contributed by atoms with Crippen LogP contribution >= 0.6 is 22.7 Å². The lowest BCUT2D eigenvalue weighted by Gasteiger charge is -2.26. The number of ether oxygens (including phenoxy) is 1. The van der Waals surface area contributed by atoms with E-state index in [9.17, 15) is 4.79 Å². The van der Waals surface area contributed by atoms with Crippen LogP contribution in [0.25, 0.3) is 12.2 Å². The van der Waals surface area contributed by atoms with Crippen LogP contribution in [-0.4, -0.2) is 42.6 Å². The first-order valence-corrected chi connectivity index (χ1v) is 12.6. The van der Waals surface area contributed by atoms with Gasteiger partial charge in [-0.25, -0.2) is 0 Å². The van der Waals surface area contributed by atoms with Crippen LogP contribution in [-0.2, 0) is 9.53 Å². The predicted molar refractivity (Wildman–Crippen MR) is 131 cm³/mol. The average molecular weight is 455 g/mol. The quantitative estimate of drug-likeness (QED) is 0.556. The second kappa shape index (κ2) is 10.4. The summed E-state index contributed by atoms with van der Waals surface area (Å²) in [6, 6.07) is 9.41. The van der Waals surface area contributed by atoms with Crippen molar-refractivity contribution in [1.82, 2.24) is 10.2 Å². The van der Waals surface area contributed by atoms with Gasteiger partial charge < -0.3 is 15.0 Å². The summed E-state index contributed by atoms with van der Waals surface area (Å²) in [6.45, 7) is 1.86. The molecule has 4 heterocycles. The molecule has 3 atom stereocenters. The zero-order valence-corrected chi connectivity index (χ0v) is 19.8. The lowest BCUT2D eigenvalue weighted by molar-refractivity contribution is -0.140. The standard InChI is InChI=1S/C25H30N2O2S2/c1-18(28)29-17-23(24-13-8-19(26-24)7-11-21-5-3-15-30-21)25-14-10-20(27(25)2)9-12-22-6-4-16-31-22/h3-7,9,11-12,15-16,19-20,24,26H,8,10,13-14,17H2,1-2H3/b11-7+,12-9+,25-23-. The third kappa shape index (κ3) is 5.76. The van der Waals surface area contributed by atoms with E-state index >= 15 is 0 Å². The first-order valence-electron chi connectivity index (χ1n) is 10.9. The number of thiophene rings is 2. The molecule has 2 aliphatic rings. The fourth-order valence-electron chi connectivity index (χ4n) is 4.42. The minimum Gasteiger partial charge on any atom is -0.461 e. The van der Waals surface area contributed by atoms with Crippen LogP contribution in [0.5, 0.6) is 0 Å². The Kier molecular flexibility index (Phi) is 7.43. The van der Waals surface area contributed by atoms with Gasteiger partial charge in [-0.05, 0) is 60.7 Å². The van der Waals surface area contributed by atoms with Crippen LogP contribution in [0.15, 0.2) is 58.4 Å². The Morgan fingerprint density at radius 1 is 1.13 bits per heavy atom. The summed E-state index contributed by atoms with van der Waals surface area (Å²) in [6.07, 6.45) is 13.3. The molecule has 2 aromatic rings. The monoisotopic (exact) mass is 454 g/mol. The van der Waals surface area contributed by atoms with Crippen LogP contribution in [0.3, 0.4) is 0 Å². The number of allylic oxidation sites excluding steroid dienone is 1. The molecule has 3 unspecified atom stereocenters. The minimum atomic E-state index is -0.222. The Balaban J connectivity index is 1.48. The summed E-state index contributed by atoms with van der Waals surface area (Å²) < 4.78 is 5.49. The normalized spacial score (nSPS) is 25.7. The van der Waals surface area contributed by atoms with E-state index in [1.54, 1.807) is 22.7 Å². The van der Waals surface area contributed by atoms with Crippen molar-refractivity contribution in [2.75, 3.05) is 13.7 Å². The van der Waals surface area contributed by atoms with Gasteiger partial charge in [0.1, 0.15) is 6.61 Å².